The van der Waals surface area contributed by atoms with Crippen LogP contribution in [0.5, 0.6) is 0 Å². The zero-order chi connectivity index (χ0) is 23.6. The van der Waals surface area contributed by atoms with Gasteiger partial charge in [-0.25, -0.2) is 16.9 Å². The maximum atomic E-state index is 13.1. The molecule has 8 nitrogen and oxygen atoms in total. The van der Waals surface area contributed by atoms with Crippen LogP contribution in [0.4, 0.5) is 11.4 Å². The molecule has 3 aromatic rings. The predicted octanol–water partition coefficient (Wildman–Crippen LogP) is 3.98. The van der Waals surface area contributed by atoms with Gasteiger partial charge in [-0.15, -0.1) is 0 Å². The zero-order valence-corrected chi connectivity index (χ0v) is 21.1. The number of hydrogen-bond acceptors (Lipinski definition) is 4. The summed E-state index contributed by atoms with van der Waals surface area (Å²) in [6, 6.07) is 9.59. The molecule has 3 N–H and O–H groups in total. The highest BCUT2D eigenvalue weighted by Crippen LogP contribution is 2.35. The monoisotopic (exact) mass is 529 g/mol. The average Bonchev–Trinajstić information content (AvgIpc) is 3.22. The number of nitrogens with one attached hydrogen (secondary N) is 3. The standard InChI is InChI=1S/C21H25Cl2N5O3S2/c1-2-11-28(32(29)27-12-9-24-10-13-27)15-3-5-16(6-4-15)33(30,31)26-19-8-7-17(22)20-18(23)14-25-21(19)20/h3-8,14,24-26H,2,9-13H2,1H3. The number of piperazine rings is 1. The van der Waals surface area contributed by atoms with Gasteiger partial charge in [-0.1, -0.05) is 30.1 Å². The molecule has 1 unspecified atom stereocenters. The van der Waals surface area contributed by atoms with Gasteiger partial charge in [0, 0.05) is 44.3 Å². The number of anilines is 2. The van der Waals surface area contributed by atoms with Crippen LogP contribution in [0.3, 0.4) is 0 Å². The smallest absolute Gasteiger partial charge is 0.261 e. The molecule has 4 rings (SSSR count). The van der Waals surface area contributed by atoms with Crippen molar-refractivity contribution in [3.63, 3.8) is 0 Å². The van der Waals surface area contributed by atoms with Crippen LogP contribution < -0.4 is 14.3 Å². The maximum absolute atomic E-state index is 13.1. The molecule has 1 aromatic heterocycles. The van der Waals surface area contributed by atoms with Gasteiger partial charge in [0.15, 0.2) is 11.2 Å². The number of sulfonamides is 1. The lowest BCUT2D eigenvalue weighted by Crippen LogP contribution is -2.48. The summed E-state index contributed by atoms with van der Waals surface area (Å²) in [4.78, 5) is 3.05. The van der Waals surface area contributed by atoms with Crippen LogP contribution in [-0.4, -0.2) is 54.6 Å². The number of aromatic nitrogens is 1. The fraction of sp³-hybridized carbons (Fsp3) is 0.333. The SMILES string of the molecule is CCCN(c1ccc(S(=O)(=O)Nc2ccc(Cl)c3c(Cl)c[nH]c23)cc1)S(=O)N1CCNCC1. The van der Waals surface area contributed by atoms with Crippen molar-refractivity contribution in [2.45, 2.75) is 18.2 Å². The van der Waals surface area contributed by atoms with Crippen molar-refractivity contribution in [2.75, 3.05) is 41.8 Å². The normalized spacial score (nSPS) is 16.1. The van der Waals surface area contributed by atoms with E-state index in [9.17, 15) is 12.6 Å². The molecule has 178 valence electrons. The van der Waals surface area contributed by atoms with Gasteiger partial charge in [0.1, 0.15) is 0 Å². The second-order valence-corrected chi connectivity index (χ2v) is 11.5. The van der Waals surface area contributed by atoms with E-state index in [-0.39, 0.29) is 4.90 Å². The molecule has 0 spiro atoms. The molecule has 1 aliphatic heterocycles. The molecule has 2 aromatic carbocycles. The van der Waals surface area contributed by atoms with Crippen molar-refractivity contribution < 1.29 is 12.6 Å². The Morgan fingerprint density at radius 2 is 1.79 bits per heavy atom. The summed E-state index contributed by atoms with van der Waals surface area (Å²) in [5, 5.41) is 4.65. The third-order valence-corrected chi connectivity index (χ3v) is 8.90. The van der Waals surface area contributed by atoms with Crippen molar-refractivity contribution in [2.24, 2.45) is 0 Å². The quantitative estimate of drug-likeness (QED) is 0.411. The Labute approximate surface area is 206 Å². The molecule has 0 amide bonds. The summed E-state index contributed by atoms with van der Waals surface area (Å²) in [6.45, 7) is 5.59. The number of halogens is 2. The van der Waals surface area contributed by atoms with E-state index in [0.717, 1.165) is 19.5 Å². The summed E-state index contributed by atoms with van der Waals surface area (Å²) in [5.74, 6) is 0. The number of fused-ring (bicyclic) bond motifs is 1. The zero-order valence-electron chi connectivity index (χ0n) is 18.0. The maximum Gasteiger partial charge on any atom is 0.261 e. The van der Waals surface area contributed by atoms with Crippen LogP contribution in [0, 0.1) is 0 Å². The van der Waals surface area contributed by atoms with Crippen molar-refractivity contribution in [3.8, 4) is 0 Å². The van der Waals surface area contributed by atoms with E-state index >= 15 is 0 Å². The molecule has 0 radical (unpaired) electrons. The first-order valence-corrected chi connectivity index (χ1v) is 13.8. The highest BCUT2D eigenvalue weighted by atomic mass is 35.5. The lowest BCUT2D eigenvalue weighted by molar-refractivity contribution is 0.379. The van der Waals surface area contributed by atoms with E-state index in [1.54, 1.807) is 34.8 Å². The lowest BCUT2D eigenvalue weighted by Gasteiger charge is -2.32. The van der Waals surface area contributed by atoms with Crippen LogP contribution in [0.15, 0.2) is 47.5 Å². The molecule has 0 bridgehead atoms. The number of hydrogen-bond donors (Lipinski definition) is 3. The van der Waals surface area contributed by atoms with Crippen molar-refractivity contribution in [1.29, 1.82) is 0 Å². The molecule has 0 aliphatic carbocycles. The topological polar surface area (TPSA) is 97.5 Å². The molecule has 12 heteroatoms. The number of H-pyrrole nitrogens is 1. The second-order valence-electron chi connectivity index (χ2n) is 7.59. The van der Waals surface area contributed by atoms with E-state index in [2.05, 4.69) is 15.0 Å². The Bertz CT molecular complexity index is 1260. The molecule has 2 heterocycles. The minimum atomic E-state index is -3.87. The van der Waals surface area contributed by atoms with Crippen LogP contribution in [-0.2, 0) is 21.2 Å². The number of aromatic amines is 1. The van der Waals surface area contributed by atoms with Gasteiger partial charge >= 0.3 is 0 Å². The number of benzene rings is 2. The van der Waals surface area contributed by atoms with E-state index in [4.69, 9.17) is 23.2 Å². The Balaban J connectivity index is 1.57. The first kappa shape index (κ1) is 24.3. The molecule has 1 saturated heterocycles. The van der Waals surface area contributed by atoms with Gasteiger partial charge in [0.25, 0.3) is 10.0 Å². The van der Waals surface area contributed by atoms with Gasteiger partial charge < -0.3 is 10.3 Å². The summed E-state index contributed by atoms with van der Waals surface area (Å²) >= 11 is 11.0. The molecule has 0 saturated carbocycles. The van der Waals surface area contributed by atoms with Crippen LogP contribution in [0.25, 0.3) is 10.9 Å². The van der Waals surface area contributed by atoms with Crippen molar-refractivity contribution >= 4 is 66.7 Å². The van der Waals surface area contributed by atoms with Crippen LogP contribution in [0.1, 0.15) is 13.3 Å². The van der Waals surface area contributed by atoms with Crippen LogP contribution in [0.2, 0.25) is 10.0 Å². The minimum Gasteiger partial charge on any atom is -0.358 e. The molecule has 33 heavy (non-hydrogen) atoms. The van der Waals surface area contributed by atoms with Gasteiger partial charge in [-0.2, -0.15) is 0 Å². The third-order valence-electron chi connectivity index (χ3n) is 5.33. The molecular weight excluding hydrogens is 505 g/mol. The number of nitrogens with zero attached hydrogens (tertiary/aromatic N) is 2. The molecular formula is C21H25Cl2N5O3S2. The van der Waals surface area contributed by atoms with Gasteiger partial charge in [0.2, 0.25) is 0 Å². The van der Waals surface area contributed by atoms with Gasteiger partial charge in [-0.05, 0) is 42.8 Å². The van der Waals surface area contributed by atoms with Gasteiger partial charge in [-0.3, -0.25) is 9.03 Å². The van der Waals surface area contributed by atoms with E-state index in [0.29, 0.717) is 52.0 Å². The van der Waals surface area contributed by atoms with E-state index in [1.165, 1.54) is 12.1 Å². The predicted molar refractivity (Wildman–Crippen MR) is 136 cm³/mol. The Hall–Kier alpha value is -1.82. The molecule has 1 atom stereocenters. The minimum absolute atomic E-state index is 0.0939. The van der Waals surface area contributed by atoms with E-state index < -0.39 is 21.2 Å². The van der Waals surface area contributed by atoms with Crippen molar-refractivity contribution in [3.05, 3.63) is 52.6 Å². The van der Waals surface area contributed by atoms with E-state index in [1.807, 2.05) is 11.2 Å². The molecule has 1 aliphatic rings. The number of rotatable bonds is 8. The third kappa shape index (κ3) is 5.16. The Morgan fingerprint density at radius 1 is 1.09 bits per heavy atom. The first-order valence-electron chi connectivity index (χ1n) is 10.5. The largest absolute Gasteiger partial charge is 0.358 e. The van der Waals surface area contributed by atoms with Gasteiger partial charge in [0.05, 0.1) is 31.8 Å². The summed E-state index contributed by atoms with van der Waals surface area (Å²) in [5.41, 5.74) is 1.56. The van der Waals surface area contributed by atoms with Crippen LogP contribution >= 0.6 is 23.2 Å². The highest BCUT2D eigenvalue weighted by Gasteiger charge is 2.24. The summed E-state index contributed by atoms with van der Waals surface area (Å²) < 4.78 is 45.6. The second kappa shape index (κ2) is 10.2. The fourth-order valence-corrected chi connectivity index (χ4v) is 6.73. The lowest BCUT2D eigenvalue weighted by atomic mass is 10.2. The summed E-state index contributed by atoms with van der Waals surface area (Å²) in [7, 11) is -3.87. The fourth-order valence-electron chi connectivity index (χ4n) is 3.69. The van der Waals surface area contributed by atoms with Crippen molar-refractivity contribution in [1.82, 2.24) is 14.6 Å². The average molecular weight is 531 g/mol. The molecule has 1 fully saturated rings. The highest BCUT2D eigenvalue weighted by molar-refractivity contribution is 7.92. The Morgan fingerprint density at radius 3 is 2.45 bits per heavy atom. The Kier molecular flexibility index (Phi) is 7.52. The summed E-state index contributed by atoms with van der Waals surface area (Å²) in [6.07, 6.45) is 2.37. The first-order chi connectivity index (χ1) is 15.8.